The van der Waals surface area contributed by atoms with Crippen molar-refractivity contribution in [3.05, 3.63) is 59.7 Å². The number of terminal acetylenes is 1. The number of hydrogen-bond acceptors (Lipinski definition) is 4. The maximum Gasteiger partial charge on any atom is 0.311 e. The summed E-state index contributed by atoms with van der Waals surface area (Å²) >= 11 is 0. The third-order valence-electron chi connectivity index (χ3n) is 4.73. The number of nitrogens with zero attached hydrogens (tertiary/aromatic N) is 1. The van der Waals surface area contributed by atoms with Crippen LogP contribution in [0.4, 0.5) is 5.69 Å². The minimum Gasteiger partial charge on any atom is -0.493 e. The van der Waals surface area contributed by atoms with Crippen molar-refractivity contribution < 1.29 is 24.2 Å². The molecule has 0 aliphatic carbocycles. The van der Waals surface area contributed by atoms with Crippen LogP contribution in [0.15, 0.2) is 48.5 Å². The third-order valence-corrected chi connectivity index (χ3v) is 4.73. The number of benzene rings is 2. The monoisotopic (exact) mass is 391 g/mol. The molecule has 0 saturated carbocycles. The van der Waals surface area contributed by atoms with E-state index in [1.165, 1.54) is 13.2 Å². The number of ether oxygens (including phenoxy) is 2. The van der Waals surface area contributed by atoms with Crippen LogP contribution in [0, 0.1) is 12.3 Å². The van der Waals surface area contributed by atoms with Gasteiger partial charge < -0.3 is 19.5 Å². The molecule has 0 aromatic heterocycles. The van der Waals surface area contributed by atoms with E-state index in [2.05, 4.69) is 5.92 Å². The smallest absolute Gasteiger partial charge is 0.311 e. The van der Waals surface area contributed by atoms with Crippen molar-refractivity contribution in [1.82, 2.24) is 0 Å². The van der Waals surface area contributed by atoms with Crippen LogP contribution in [0.3, 0.4) is 0 Å². The fourth-order valence-corrected chi connectivity index (χ4v) is 3.33. The molecule has 2 aromatic rings. The Morgan fingerprint density at radius 2 is 2.07 bits per heavy atom. The Hall–Kier alpha value is -3.72. The molecule has 1 aliphatic rings. The standard InChI is InChI=1S/C23H21NO5/c1-3-14-29-20-10-8-16(15-21(20)28-2)9-11-22(25)24-13-12-18(23(26)27)17-6-4-5-7-19(17)24/h1,4-11,15,18H,12-14H2,2H3,(H,26,27). The zero-order valence-corrected chi connectivity index (χ0v) is 16.0. The summed E-state index contributed by atoms with van der Waals surface area (Å²) in [7, 11) is 1.53. The number of rotatable bonds is 6. The maximum atomic E-state index is 12.8. The normalized spacial score (nSPS) is 15.4. The van der Waals surface area contributed by atoms with Crippen LogP contribution in [-0.2, 0) is 9.59 Å². The van der Waals surface area contributed by atoms with E-state index >= 15 is 0 Å². The Morgan fingerprint density at radius 1 is 1.28 bits per heavy atom. The van der Waals surface area contributed by atoms with E-state index in [9.17, 15) is 14.7 Å². The SMILES string of the molecule is C#CCOc1ccc(C=CC(=O)N2CCC(C(=O)O)c3ccccc32)cc1OC. The Bertz CT molecular complexity index is 989. The molecule has 2 aromatic carbocycles. The van der Waals surface area contributed by atoms with Crippen molar-refractivity contribution in [2.75, 3.05) is 25.2 Å². The summed E-state index contributed by atoms with van der Waals surface area (Å²) in [5, 5.41) is 9.44. The van der Waals surface area contributed by atoms with Crippen LogP contribution in [0.25, 0.3) is 6.08 Å². The molecule has 0 fully saturated rings. The Morgan fingerprint density at radius 3 is 2.79 bits per heavy atom. The average molecular weight is 391 g/mol. The van der Waals surface area contributed by atoms with Crippen LogP contribution in [0.2, 0.25) is 0 Å². The van der Waals surface area contributed by atoms with Gasteiger partial charge in [-0.2, -0.15) is 0 Å². The summed E-state index contributed by atoms with van der Waals surface area (Å²) in [6.07, 6.45) is 8.73. The van der Waals surface area contributed by atoms with Gasteiger partial charge in [-0.15, -0.1) is 6.42 Å². The number of amides is 1. The highest BCUT2D eigenvalue weighted by Gasteiger charge is 2.31. The molecule has 1 heterocycles. The molecule has 3 rings (SSSR count). The van der Waals surface area contributed by atoms with Crippen LogP contribution in [-0.4, -0.2) is 37.2 Å². The summed E-state index contributed by atoms with van der Waals surface area (Å²) in [6, 6.07) is 12.4. The molecule has 6 nitrogen and oxygen atoms in total. The molecule has 0 spiro atoms. The van der Waals surface area contributed by atoms with E-state index in [-0.39, 0.29) is 12.5 Å². The summed E-state index contributed by atoms with van der Waals surface area (Å²) < 4.78 is 10.7. The zero-order valence-electron chi connectivity index (χ0n) is 16.0. The fourth-order valence-electron chi connectivity index (χ4n) is 3.33. The van der Waals surface area contributed by atoms with Crippen molar-refractivity contribution in [2.45, 2.75) is 12.3 Å². The highest BCUT2D eigenvalue weighted by atomic mass is 16.5. The van der Waals surface area contributed by atoms with Crippen LogP contribution in [0.1, 0.15) is 23.5 Å². The number of carbonyl (C=O) groups is 2. The first-order chi connectivity index (χ1) is 14.0. The molecule has 1 N–H and O–H groups in total. The van der Waals surface area contributed by atoms with Crippen molar-refractivity contribution in [3.8, 4) is 23.8 Å². The minimum absolute atomic E-state index is 0.135. The number of methoxy groups -OCH3 is 1. The van der Waals surface area contributed by atoms with Gasteiger partial charge in [-0.1, -0.05) is 30.2 Å². The second kappa shape index (κ2) is 8.98. The van der Waals surface area contributed by atoms with Gasteiger partial charge >= 0.3 is 5.97 Å². The molecule has 1 amide bonds. The number of carboxylic acid groups (broad SMARTS) is 1. The first-order valence-electron chi connectivity index (χ1n) is 9.10. The summed E-state index contributed by atoms with van der Waals surface area (Å²) in [6.45, 7) is 0.481. The zero-order chi connectivity index (χ0) is 20.8. The molecule has 148 valence electrons. The van der Waals surface area contributed by atoms with Crippen molar-refractivity contribution >= 4 is 23.6 Å². The molecule has 0 saturated heterocycles. The van der Waals surface area contributed by atoms with E-state index in [1.54, 1.807) is 53.4 Å². The van der Waals surface area contributed by atoms with Gasteiger partial charge in [0, 0.05) is 18.3 Å². The quantitative estimate of drug-likeness (QED) is 0.604. The predicted octanol–water partition coefficient (Wildman–Crippen LogP) is 3.33. The maximum absolute atomic E-state index is 12.8. The first kappa shape index (κ1) is 20.0. The number of carbonyl (C=O) groups excluding carboxylic acids is 1. The van der Waals surface area contributed by atoms with Gasteiger partial charge in [0.25, 0.3) is 5.91 Å². The molecular formula is C23H21NO5. The van der Waals surface area contributed by atoms with E-state index in [0.717, 1.165) is 5.56 Å². The van der Waals surface area contributed by atoms with Crippen LogP contribution < -0.4 is 14.4 Å². The molecule has 1 aliphatic heterocycles. The van der Waals surface area contributed by atoms with Crippen molar-refractivity contribution in [3.63, 3.8) is 0 Å². The Labute approximate surface area is 169 Å². The molecule has 1 unspecified atom stereocenters. The lowest BCUT2D eigenvalue weighted by atomic mass is 9.90. The van der Waals surface area contributed by atoms with Gasteiger partial charge in [-0.3, -0.25) is 9.59 Å². The molecular weight excluding hydrogens is 370 g/mol. The van der Waals surface area contributed by atoms with E-state index in [1.807, 2.05) is 0 Å². The van der Waals surface area contributed by atoms with E-state index in [4.69, 9.17) is 15.9 Å². The van der Waals surface area contributed by atoms with Crippen LogP contribution in [0.5, 0.6) is 11.5 Å². The lowest BCUT2D eigenvalue weighted by Gasteiger charge is -2.32. The lowest BCUT2D eigenvalue weighted by Crippen LogP contribution is -2.37. The van der Waals surface area contributed by atoms with Gasteiger partial charge in [0.05, 0.1) is 13.0 Å². The molecule has 29 heavy (non-hydrogen) atoms. The summed E-state index contributed by atoms with van der Waals surface area (Å²) in [5.74, 6) is 1.75. The molecule has 6 heteroatoms. The molecule has 1 atom stereocenters. The van der Waals surface area contributed by atoms with Gasteiger partial charge in [0.2, 0.25) is 0 Å². The second-order valence-electron chi connectivity index (χ2n) is 6.46. The molecule has 0 bridgehead atoms. The van der Waals surface area contributed by atoms with E-state index in [0.29, 0.717) is 35.7 Å². The Kier molecular flexibility index (Phi) is 6.20. The van der Waals surface area contributed by atoms with Gasteiger partial charge in [0.15, 0.2) is 11.5 Å². The van der Waals surface area contributed by atoms with Gasteiger partial charge in [0.1, 0.15) is 6.61 Å². The highest BCUT2D eigenvalue weighted by molar-refractivity contribution is 6.05. The van der Waals surface area contributed by atoms with Crippen molar-refractivity contribution in [1.29, 1.82) is 0 Å². The minimum atomic E-state index is -0.876. The number of anilines is 1. The number of para-hydroxylation sites is 1. The number of aliphatic carboxylic acids is 1. The lowest BCUT2D eigenvalue weighted by molar-refractivity contribution is -0.139. The predicted molar refractivity (Wildman–Crippen MR) is 110 cm³/mol. The van der Waals surface area contributed by atoms with Crippen LogP contribution >= 0.6 is 0 Å². The van der Waals surface area contributed by atoms with Gasteiger partial charge in [-0.05, 0) is 41.8 Å². The number of carboxylic acids is 1. The molecule has 0 radical (unpaired) electrons. The Balaban J connectivity index is 1.80. The van der Waals surface area contributed by atoms with E-state index < -0.39 is 11.9 Å². The summed E-state index contributed by atoms with van der Waals surface area (Å²) in [4.78, 5) is 25.9. The first-order valence-corrected chi connectivity index (χ1v) is 9.10. The average Bonchev–Trinajstić information content (AvgIpc) is 2.75. The van der Waals surface area contributed by atoms with Gasteiger partial charge in [-0.25, -0.2) is 0 Å². The highest BCUT2D eigenvalue weighted by Crippen LogP contribution is 2.35. The number of hydrogen-bond donors (Lipinski definition) is 1. The second-order valence-corrected chi connectivity index (χ2v) is 6.46. The fraction of sp³-hybridized carbons (Fsp3) is 0.217. The largest absolute Gasteiger partial charge is 0.493 e. The third kappa shape index (κ3) is 4.41. The summed E-state index contributed by atoms with van der Waals surface area (Å²) in [5.41, 5.74) is 2.05. The topological polar surface area (TPSA) is 76.1 Å². The van der Waals surface area contributed by atoms with Crippen molar-refractivity contribution in [2.24, 2.45) is 0 Å². The number of fused-ring (bicyclic) bond motifs is 1.